The first kappa shape index (κ1) is 61.4. The molecule has 0 atom stereocenters. The standard InChI is InChI=1S/2C36H50O2/c2*1-2-3-4-5-6-7-8-9-10-11-12-13-14-15-16-23-28-38-33-29-34(31-24-19-17-20-25-31)36(37)35(30-33)32-26-21-18-22-27-32/h2*17-22,24-27,29-30,37H,2-16,23,28H2,1H3. The zero-order valence-electron chi connectivity index (χ0n) is 47.6. The van der Waals surface area contributed by atoms with Crippen LogP contribution in [0.15, 0.2) is 146 Å². The summed E-state index contributed by atoms with van der Waals surface area (Å²) >= 11 is 0. The number of phenols is 2. The Balaban J connectivity index is 0.000000281. The lowest BCUT2D eigenvalue weighted by Gasteiger charge is -2.15. The van der Waals surface area contributed by atoms with E-state index in [0.29, 0.717) is 24.7 Å². The molecule has 4 nitrogen and oxygen atoms in total. The van der Waals surface area contributed by atoms with Gasteiger partial charge in [0, 0.05) is 22.3 Å². The fraction of sp³-hybridized carbons (Fsp3) is 0.500. The van der Waals surface area contributed by atoms with Crippen LogP contribution < -0.4 is 9.47 Å². The van der Waals surface area contributed by atoms with Crippen molar-refractivity contribution in [2.24, 2.45) is 0 Å². The minimum atomic E-state index is 0.303. The predicted molar refractivity (Wildman–Crippen MR) is 328 cm³/mol. The molecule has 0 aliphatic heterocycles. The van der Waals surface area contributed by atoms with Gasteiger partial charge in [-0.1, -0.05) is 328 Å². The van der Waals surface area contributed by atoms with Crippen LogP contribution in [-0.4, -0.2) is 23.4 Å². The third kappa shape index (κ3) is 24.7. The van der Waals surface area contributed by atoms with Crippen LogP contribution in [-0.2, 0) is 0 Å². The van der Waals surface area contributed by atoms with E-state index in [9.17, 15) is 10.2 Å². The first-order chi connectivity index (χ1) is 37.6. The summed E-state index contributed by atoms with van der Waals surface area (Å²) in [5, 5.41) is 22.2. The number of hydrogen-bond acceptors (Lipinski definition) is 4. The van der Waals surface area contributed by atoms with Crippen molar-refractivity contribution in [3.63, 3.8) is 0 Å². The van der Waals surface area contributed by atoms with Crippen LogP contribution in [0.5, 0.6) is 23.0 Å². The zero-order valence-corrected chi connectivity index (χ0v) is 47.6. The maximum atomic E-state index is 11.1. The molecule has 0 heterocycles. The van der Waals surface area contributed by atoms with E-state index in [0.717, 1.165) is 68.8 Å². The molecule has 0 aliphatic rings. The fourth-order valence-corrected chi connectivity index (χ4v) is 10.4. The summed E-state index contributed by atoms with van der Waals surface area (Å²) in [6, 6.07) is 48.1. The summed E-state index contributed by atoms with van der Waals surface area (Å²) in [5.74, 6) is 2.25. The number of ether oxygens (including phenoxy) is 2. The molecule has 76 heavy (non-hydrogen) atoms. The van der Waals surface area contributed by atoms with Gasteiger partial charge in [0.15, 0.2) is 0 Å². The van der Waals surface area contributed by atoms with Gasteiger partial charge in [-0.3, -0.25) is 0 Å². The van der Waals surface area contributed by atoms with Gasteiger partial charge in [0.2, 0.25) is 0 Å². The highest BCUT2D eigenvalue weighted by atomic mass is 16.5. The largest absolute Gasteiger partial charge is 0.507 e. The Morgan fingerprint density at radius 3 is 0.632 bits per heavy atom. The third-order valence-electron chi connectivity index (χ3n) is 15.0. The molecule has 0 amide bonds. The highest BCUT2D eigenvalue weighted by molar-refractivity contribution is 5.85. The minimum Gasteiger partial charge on any atom is -0.507 e. The van der Waals surface area contributed by atoms with Crippen LogP contribution in [0.2, 0.25) is 0 Å². The molecule has 0 bridgehead atoms. The van der Waals surface area contributed by atoms with Crippen molar-refractivity contribution in [3.05, 3.63) is 146 Å². The molecule has 0 aliphatic carbocycles. The Kier molecular flexibility index (Phi) is 32.2. The van der Waals surface area contributed by atoms with Crippen LogP contribution in [0, 0.1) is 0 Å². The second-order valence-electron chi connectivity index (χ2n) is 21.5. The maximum Gasteiger partial charge on any atom is 0.131 e. The Morgan fingerprint density at radius 2 is 0.434 bits per heavy atom. The van der Waals surface area contributed by atoms with Gasteiger partial charge in [0.05, 0.1) is 13.2 Å². The van der Waals surface area contributed by atoms with Crippen LogP contribution in [0.1, 0.15) is 219 Å². The highest BCUT2D eigenvalue weighted by Gasteiger charge is 2.16. The van der Waals surface area contributed by atoms with Crippen molar-refractivity contribution in [2.45, 2.75) is 219 Å². The summed E-state index contributed by atoms with van der Waals surface area (Å²) < 4.78 is 12.4. The molecular weight excluding hydrogens is 929 g/mol. The van der Waals surface area contributed by atoms with E-state index < -0.39 is 0 Å². The third-order valence-corrected chi connectivity index (χ3v) is 15.0. The monoisotopic (exact) mass is 1030 g/mol. The molecule has 412 valence electrons. The summed E-state index contributed by atoms with van der Waals surface area (Å²) in [6.07, 6.45) is 43.8. The quantitative estimate of drug-likeness (QED) is 0.0377. The molecule has 0 spiro atoms. The van der Waals surface area contributed by atoms with E-state index in [2.05, 4.69) is 13.8 Å². The SMILES string of the molecule is CCCCCCCCCCCCCCCCCCOc1cc(-c2ccccc2)c(O)c(-c2ccccc2)c1.CCCCCCCCCCCCCCCCCCOc1cc(-c2ccccc2)c(O)c(-c2ccccc2)c1. The number of unbranched alkanes of at least 4 members (excludes halogenated alkanes) is 30. The molecule has 0 saturated carbocycles. The molecule has 0 aromatic heterocycles. The first-order valence-corrected chi connectivity index (χ1v) is 30.8. The lowest BCUT2D eigenvalue weighted by molar-refractivity contribution is 0.304. The van der Waals surface area contributed by atoms with Crippen molar-refractivity contribution in [3.8, 4) is 67.5 Å². The molecular formula is C72H100O4. The number of hydrogen-bond donors (Lipinski definition) is 2. The maximum absolute atomic E-state index is 11.1. The van der Waals surface area contributed by atoms with E-state index in [1.54, 1.807) is 0 Å². The Hall–Kier alpha value is -5.48. The van der Waals surface area contributed by atoms with E-state index in [1.807, 2.05) is 146 Å². The van der Waals surface area contributed by atoms with Crippen LogP contribution in [0.25, 0.3) is 44.5 Å². The van der Waals surface area contributed by atoms with Crippen molar-refractivity contribution >= 4 is 0 Å². The summed E-state index contributed by atoms with van der Waals surface area (Å²) in [4.78, 5) is 0. The van der Waals surface area contributed by atoms with Gasteiger partial charge >= 0.3 is 0 Å². The van der Waals surface area contributed by atoms with Gasteiger partial charge in [-0.25, -0.2) is 0 Å². The van der Waals surface area contributed by atoms with E-state index in [4.69, 9.17) is 9.47 Å². The predicted octanol–water partition coefficient (Wildman–Crippen LogP) is 22.7. The van der Waals surface area contributed by atoms with Crippen molar-refractivity contribution in [2.75, 3.05) is 13.2 Å². The molecule has 6 aromatic rings. The van der Waals surface area contributed by atoms with Gasteiger partial charge < -0.3 is 19.7 Å². The molecule has 2 N–H and O–H groups in total. The minimum absolute atomic E-state index is 0.303. The van der Waals surface area contributed by atoms with Crippen LogP contribution in [0.3, 0.4) is 0 Å². The summed E-state index contributed by atoms with van der Waals surface area (Å²) in [7, 11) is 0. The molecule has 0 radical (unpaired) electrons. The smallest absolute Gasteiger partial charge is 0.131 e. The summed E-state index contributed by atoms with van der Waals surface area (Å²) in [5.41, 5.74) is 7.24. The summed E-state index contributed by atoms with van der Waals surface area (Å²) in [6.45, 7) is 6.00. The number of aromatic hydroxyl groups is 2. The van der Waals surface area contributed by atoms with Crippen molar-refractivity contribution in [1.82, 2.24) is 0 Å². The average molecular weight is 1030 g/mol. The normalized spacial score (nSPS) is 11.1. The molecule has 4 heteroatoms. The van der Waals surface area contributed by atoms with Crippen LogP contribution in [0.4, 0.5) is 0 Å². The fourth-order valence-electron chi connectivity index (χ4n) is 10.4. The molecule has 0 fully saturated rings. The molecule has 6 rings (SSSR count). The number of rotatable bonds is 40. The van der Waals surface area contributed by atoms with E-state index in [1.165, 1.54) is 193 Å². The Labute approximate surface area is 463 Å². The molecule has 0 unspecified atom stereocenters. The lowest BCUT2D eigenvalue weighted by atomic mass is 9.97. The van der Waals surface area contributed by atoms with Crippen molar-refractivity contribution < 1.29 is 19.7 Å². The topological polar surface area (TPSA) is 58.9 Å². The Morgan fingerprint density at radius 1 is 0.250 bits per heavy atom. The number of benzene rings is 6. The average Bonchev–Trinajstić information content (AvgIpc) is 3.46. The van der Waals surface area contributed by atoms with Gasteiger partial charge in [-0.15, -0.1) is 0 Å². The molecule has 6 aromatic carbocycles. The van der Waals surface area contributed by atoms with Gasteiger partial charge in [0.25, 0.3) is 0 Å². The molecule has 0 saturated heterocycles. The van der Waals surface area contributed by atoms with Crippen LogP contribution >= 0.6 is 0 Å². The van der Waals surface area contributed by atoms with Crippen molar-refractivity contribution in [1.29, 1.82) is 0 Å². The number of phenolic OH excluding ortho intramolecular Hbond substituents is 2. The Bertz CT molecular complexity index is 2040. The lowest BCUT2D eigenvalue weighted by Crippen LogP contribution is -1.98. The van der Waals surface area contributed by atoms with E-state index in [-0.39, 0.29) is 0 Å². The van der Waals surface area contributed by atoms with E-state index >= 15 is 0 Å². The van der Waals surface area contributed by atoms with Gasteiger partial charge in [-0.05, 0) is 59.4 Å². The zero-order chi connectivity index (χ0) is 53.4. The highest BCUT2D eigenvalue weighted by Crippen LogP contribution is 2.43. The second-order valence-corrected chi connectivity index (χ2v) is 21.5. The van der Waals surface area contributed by atoms with Gasteiger partial charge in [0.1, 0.15) is 23.0 Å². The first-order valence-electron chi connectivity index (χ1n) is 30.8. The second kappa shape index (κ2) is 39.8. The van der Waals surface area contributed by atoms with Gasteiger partial charge in [-0.2, -0.15) is 0 Å².